The van der Waals surface area contributed by atoms with Crippen molar-refractivity contribution >= 4 is 28.1 Å². The number of benzene rings is 1. The van der Waals surface area contributed by atoms with Crippen LogP contribution in [0.2, 0.25) is 0 Å². The Morgan fingerprint density at radius 3 is 3.06 bits per heavy atom. The third-order valence-corrected chi connectivity index (χ3v) is 3.54. The number of nitrogens with zero attached hydrogens (tertiary/aromatic N) is 1. The van der Waals surface area contributed by atoms with Crippen LogP contribution in [0.25, 0.3) is 11.1 Å². The number of nitrogens with one attached hydrogen (secondary N) is 1. The second kappa shape index (κ2) is 4.82. The first-order valence-corrected chi connectivity index (χ1v) is 6.94. The molecule has 3 aromatic rings. The normalized spacial score (nSPS) is 10.9. The van der Waals surface area contributed by atoms with Crippen LogP contribution in [0.4, 0.5) is 5.69 Å². The highest BCUT2D eigenvalue weighted by molar-refractivity contribution is 7.07. The molecule has 0 aliphatic rings. The molecule has 1 aromatic carbocycles. The van der Waals surface area contributed by atoms with E-state index in [0.29, 0.717) is 0 Å². The molecule has 0 spiro atoms. The van der Waals surface area contributed by atoms with Crippen LogP contribution in [-0.4, -0.2) is 4.98 Å². The first-order chi connectivity index (χ1) is 8.85. The van der Waals surface area contributed by atoms with Gasteiger partial charge in [0.2, 0.25) is 0 Å². The fourth-order valence-corrected chi connectivity index (χ4v) is 2.50. The summed E-state index contributed by atoms with van der Waals surface area (Å²) < 4.78 is 5.59. The van der Waals surface area contributed by atoms with E-state index < -0.39 is 0 Å². The van der Waals surface area contributed by atoms with Gasteiger partial charge in [0, 0.05) is 18.7 Å². The molecule has 0 saturated carbocycles. The third-order valence-electron chi connectivity index (χ3n) is 2.81. The van der Waals surface area contributed by atoms with Crippen molar-refractivity contribution < 1.29 is 4.42 Å². The minimum Gasteiger partial charge on any atom is -0.441 e. The van der Waals surface area contributed by atoms with E-state index >= 15 is 0 Å². The molecule has 3 nitrogen and oxygen atoms in total. The van der Waals surface area contributed by atoms with Gasteiger partial charge in [0.1, 0.15) is 5.52 Å². The Kier molecular flexibility index (Phi) is 3.02. The summed E-state index contributed by atoms with van der Waals surface area (Å²) in [5.41, 5.74) is 4.15. The van der Waals surface area contributed by atoms with Crippen molar-refractivity contribution in [2.45, 2.75) is 19.9 Å². The average Bonchev–Trinajstić information content (AvgIpc) is 3.04. The number of hydrogen-bond acceptors (Lipinski definition) is 4. The highest BCUT2D eigenvalue weighted by atomic mass is 32.1. The van der Waals surface area contributed by atoms with E-state index in [4.69, 9.17) is 4.42 Å². The van der Waals surface area contributed by atoms with E-state index in [0.717, 1.165) is 35.6 Å². The smallest absolute Gasteiger partial charge is 0.195 e. The predicted octanol–water partition coefficient (Wildman–Crippen LogP) is 4.06. The van der Waals surface area contributed by atoms with Gasteiger partial charge in [-0.25, -0.2) is 4.98 Å². The van der Waals surface area contributed by atoms with Gasteiger partial charge in [0.05, 0.1) is 0 Å². The van der Waals surface area contributed by atoms with Gasteiger partial charge >= 0.3 is 0 Å². The van der Waals surface area contributed by atoms with Gasteiger partial charge in [0.25, 0.3) is 0 Å². The lowest BCUT2D eigenvalue weighted by Gasteiger charge is -2.03. The van der Waals surface area contributed by atoms with Gasteiger partial charge in [0.15, 0.2) is 11.5 Å². The number of aromatic nitrogens is 1. The summed E-state index contributed by atoms with van der Waals surface area (Å²) in [5.74, 6) is 0.792. The summed E-state index contributed by atoms with van der Waals surface area (Å²) in [7, 11) is 0. The minimum absolute atomic E-state index is 0.792. The van der Waals surface area contributed by atoms with Crippen molar-refractivity contribution in [1.29, 1.82) is 0 Å². The molecule has 2 heterocycles. The first-order valence-electron chi connectivity index (χ1n) is 5.99. The molecule has 0 aliphatic heterocycles. The number of oxazole rings is 1. The number of aryl methyl sites for hydroxylation is 1. The summed E-state index contributed by atoms with van der Waals surface area (Å²) in [4.78, 5) is 4.43. The monoisotopic (exact) mass is 258 g/mol. The largest absolute Gasteiger partial charge is 0.441 e. The van der Waals surface area contributed by atoms with Gasteiger partial charge in [-0.15, -0.1) is 0 Å². The molecule has 0 fully saturated rings. The third kappa shape index (κ3) is 2.24. The number of fused-ring (bicyclic) bond motifs is 1. The maximum absolute atomic E-state index is 5.59. The van der Waals surface area contributed by atoms with Gasteiger partial charge in [-0.3, -0.25) is 0 Å². The van der Waals surface area contributed by atoms with Gasteiger partial charge < -0.3 is 9.73 Å². The summed E-state index contributed by atoms with van der Waals surface area (Å²) in [6.45, 7) is 2.88. The van der Waals surface area contributed by atoms with E-state index in [1.165, 1.54) is 5.56 Å². The number of anilines is 1. The lowest BCUT2D eigenvalue weighted by atomic mass is 10.2. The highest BCUT2D eigenvalue weighted by Gasteiger charge is 2.04. The highest BCUT2D eigenvalue weighted by Crippen LogP contribution is 2.21. The maximum Gasteiger partial charge on any atom is 0.195 e. The Balaban J connectivity index is 1.80. The molecular weight excluding hydrogens is 244 g/mol. The van der Waals surface area contributed by atoms with Gasteiger partial charge in [-0.05, 0) is 40.6 Å². The Hall–Kier alpha value is -1.81. The van der Waals surface area contributed by atoms with Crippen molar-refractivity contribution in [3.8, 4) is 0 Å². The van der Waals surface area contributed by atoms with Crippen LogP contribution >= 0.6 is 11.3 Å². The van der Waals surface area contributed by atoms with E-state index in [2.05, 4.69) is 27.1 Å². The zero-order valence-corrected chi connectivity index (χ0v) is 11.0. The molecule has 0 radical (unpaired) electrons. The van der Waals surface area contributed by atoms with E-state index in [9.17, 15) is 0 Å². The van der Waals surface area contributed by atoms with Crippen LogP contribution in [-0.2, 0) is 13.0 Å². The number of thiophene rings is 1. The second-order valence-electron chi connectivity index (χ2n) is 4.13. The molecule has 0 saturated heterocycles. The van der Waals surface area contributed by atoms with Crippen LogP contribution < -0.4 is 5.32 Å². The maximum atomic E-state index is 5.59. The molecular formula is C14H14N2OS. The molecule has 0 aliphatic carbocycles. The van der Waals surface area contributed by atoms with Crippen molar-refractivity contribution in [1.82, 2.24) is 4.98 Å². The Labute approximate surface area is 109 Å². The molecule has 18 heavy (non-hydrogen) atoms. The van der Waals surface area contributed by atoms with Crippen LogP contribution in [0.15, 0.2) is 39.4 Å². The lowest BCUT2D eigenvalue weighted by Crippen LogP contribution is -1.97. The summed E-state index contributed by atoms with van der Waals surface area (Å²) in [6.07, 6.45) is 0.826. The molecule has 0 amide bonds. The van der Waals surface area contributed by atoms with Gasteiger partial charge in [-0.2, -0.15) is 11.3 Å². The molecule has 92 valence electrons. The zero-order chi connectivity index (χ0) is 12.4. The minimum atomic E-state index is 0.792. The Bertz CT molecular complexity index is 643. The molecule has 1 N–H and O–H groups in total. The zero-order valence-electron chi connectivity index (χ0n) is 10.1. The van der Waals surface area contributed by atoms with Crippen molar-refractivity contribution in [2.24, 2.45) is 0 Å². The molecule has 0 bridgehead atoms. The molecule has 3 rings (SSSR count). The van der Waals surface area contributed by atoms with Crippen LogP contribution in [0.3, 0.4) is 0 Å². The summed E-state index contributed by atoms with van der Waals surface area (Å²) in [6, 6.07) is 8.16. The van der Waals surface area contributed by atoms with Crippen molar-refractivity contribution in [2.75, 3.05) is 5.32 Å². The first kappa shape index (κ1) is 11.3. The predicted molar refractivity (Wildman–Crippen MR) is 75.0 cm³/mol. The van der Waals surface area contributed by atoms with E-state index in [1.54, 1.807) is 11.3 Å². The topological polar surface area (TPSA) is 38.1 Å². The molecule has 0 unspecified atom stereocenters. The summed E-state index contributed by atoms with van der Waals surface area (Å²) >= 11 is 1.72. The SMILES string of the molecule is CCc1nc2cc(NCc3ccsc3)ccc2o1. The van der Waals surface area contributed by atoms with E-state index in [1.807, 2.05) is 25.1 Å². The summed E-state index contributed by atoms with van der Waals surface area (Å²) in [5, 5.41) is 7.63. The molecule has 4 heteroatoms. The second-order valence-corrected chi connectivity index (χ2v) is 4.91. The number of hydrogen-bond donors (Lipinski definition) is 1. The standard InChI is InChI=1S/C14H14N2OS/c1-2-14-16-12-7-11(3-4-13(12)17-14)15-8-10-5-6-18-9-10/h3-7,9,15H,2,8H2,1H3. The van der Waals surface area contributed by atoms with Crippen molar-refractivity contribution in [3.63, 3.8) is 0 Å². The fourth-order valence-electron chi connectivity index (χ4n) is 1.83. The lowest BCUT2D eigenvalue weighted by molar-refractivity contribution is 0.538. The van der Waals surface area contributed by atoms with Crippen LogP contribution in [0, 0.1) is 0 Å². The molecule has 0 atom stereocenters. The number of rotatable bonds is 4. The van der Waals surface area contributed by atoms with Crippen LogP contribution in [0.5, 0.6) is 0 Å². The van der Waals surface area contributed by atoms with Crippen LogP contribution in [0.1, 0.15) is 18.4 Å². The van der Waals surface area contributed by atoms with Crippen molar-refractivity contribution in [3.05, 3.63) is 46.5 Å². The van der Waals surface area contributed by atoms with Gasteiger partial charge in [-0.1, -0.05) is 6.92 Å². The quantitative estimate of drug-likeness (QED) is 0.766. The van der Waals surface area contributed by atoms with E-state index in [-0.39, 0.29) is 0 Å². The fraction of sp³-hybridized carbons (Fsp3) is 0.214. The Morgan fingerprint density at radius 2 is 2.28 bits per heavy atom. The Morgan fingerprint density at radius 1 is 1.33 bits per heavy atom. The molecule has 2 aromatic heterocycles. The average molecular weight is 258 g/mol.